The van der Waals surface area contributed by atoms with Crippen molar-refractivity contribution in [3.05, 3.63) is 76.3 Å². The summed E-state index contributed by atoms with van der Waals surface area (Å²) in [4.78, 5) is 0. The van der Waals surface area contributed by atoms with E-state index in [2.05, 4.69) is 37.3 Å². The SMILES string of the molecule is N#Cc1ccc(COc2ccc(C=Nn3cnnc3)cc2Br)cc1. The molecule has 1 aromatic heterocycles. The highest BCUT2D eigenvalue weighted by Crippen LogP contribution is 2.26. The number of halogens is 1. The monoisotopic (exact) mass is 381 g/mol. The molecule has 0 spiro atoms. The first-order valence-corrected chi connectivity index (χ1v) is 7.84. The summed E-state index contributed by atoms with van der Waals surface area (Å²) in [6, 6.07) is 15.1. The zero-order valence-electron chi connectivity index (χ0n) is 12.5. The Labute approximate surface area is 147 Å². The lowest BCUT2D eigenvalue weighted by molar-refractivity contribution is 0.304. The van der Waals surface area contributed by atoms with Crippen molar-refractivity contribution in [2.24, 2.45) is 5.10 Å². The molecule has 0 amide bonds. The molecule has 0 fully saturated rings. The summed E-state index contributed by atoms with van der Waals surface area (Å²) in [5.74, 6) is 0.737. The minimum atomic E-state index is 0.429. The van der Waals surface area contributed by atoms with E-state index in [1.165, 1.54) is 17.3 Å². The number of hydrogen-bond donors (Lipinski definition) is 0. The number of nitrogens with zero attached hydrogens (tertiary/aromatic N) is 5. The van der Waals surface area contributed by atoms with E-state index in [9.17, 15) is 0 Å². The molecular formula is C17H12BrN5O. The normalized spacial score (nSPS) is 10.7. The van der Waals surface area contributed by atoms with Crippen molar-refractivity contribution in [1.29, 1.82) is 5.26 Å². The predicted molar refractivity (Wildman–Crippen MR) is 92.6 cm³/mol. The Morgan fingerprint density at radius 1 is 1.17 bits per heavy atom. The number of ether oxygens (including phenoxy) is 1. The van der Waals surface area contributed by atoms with Gasteiger partial charge in [0, 0.05) is 0 Å². The second-order valence-electron chi connectivity index (χ2n) is 4.87. The van der Waals surface area contributed by atoms with Gasteiger partial charge in [-0.1, -0.05) is 12.1 Å². The third-order valence-corrected chi connectivity index (χ3v) is 3.80. The van der Waals surface area contributed by atoms with Crippen LogP contribution in [0.15, 0.2) is 64.7 Å². The lowest BCUT2D eigenvalue weighted by Crippen LogP contribution is -1.97. The van der Waals surface area contributed by atoms with Crippen LogP contribution in [0.2, 0.25) is 0 Å². The van der Waals surface area contributed by atoms with Gasteiger partial charge in [-0.25, -0.2) is 4.68 Å². The van der Waals surface area contributed by atoms with Gasteiger partial charge in [0.2, 0.25) is 0 Å². The van der Waals surface area contributed by atoms with Gasteiger partial charge < -0.3 is 4.74 Å². The highest BCUT2D eigenvalue weighted by Gasteiger charge is 2.03. The van der Waals surface area contributed by atoms with Crippen LogP contribution in [0.4, 0.5) is 0 Å². The van der Waals surface area contributed by atoms with Gasteiger partial charge in [0.15, 0.2) is 0 Å². The quantitative estimate of drug-likeness (QED) is 0.634. The minimum absolute atomic E-state index is 0.429. The first kappa shape index (κ1) is 15.9. The van der Waals surface area contributed by atoms with E-state index in [1.807, 2.05) is 30.3 Å². The Hall–Kier alpha value is -2.98. The van der Waals surface area contributed by atoms with E-state index in [0.29, 0.717) is 12.2 Å². The van der Waals surface area contributed by atoms with Crippen molar-refractivity contribution in [2.75, 3.05) is 0 Å². The van der Waals surface area contributed by atoms with Gasteiger partial charge in [0.05, 0.1) is 22.3 Å². The van der Waals surface area contributed by atoms with Gasteiger partial charge in [-0.15, -0.1) is 10.2 Å². The van der Waals surface area contributed by atoms with Crippen LogP contribution in [0.25, 0.3) is 0 Å². The van der Waals surface area contributed by atoms with E-state index in [0.717, 1.165) is 21.3 Å². The number of nitriles is 1. The van der Waals surface area contributed by atoms with Crippen LogP contribution in [0.3, 0.4) is 0 Å². The molecule has 0 saturated heterocycles. The maximum absolute atomic E-state index is 8.80. The lowest BCUT2D eigenvalue weighted by atomic mass is 10.1. The Kier molecular flexibility index (Phi) is 4.99. The van der Waals surface area contributed by atoms with E-state index in [1.54, 1.807) is 18.3 Å². The Bertz CT molecular complexity index is 882. The van der Waals surface area contributed by atoms with E-state index in [-0.39, 0.29) is 0 Å². The van der Waals surface area contributed by atoms with Crippen LogP contribution < -0.4 is 4.74 Å². The van der Waals surface area contributed by atoms with Crippen molar-refractivity contribution < 1.29 is 4.74 Å². The fourth-order valence-electron chi connectivity index (χ4n) is 1.94. The molecule has 1 heterocycles. The van der Waals surface area contributed by atoms with Crippen LogP contribution in [-0.2, 0) is 6.61 Å². The van der Waals surface area contributed by atoms with Gasteiger partial charge in [0.1, 0.15) is 25.0 Å². The fourth-order valence-corrected chi connectivity index (χ4v) is 2.45. The molecule has 7 heteroatoms. The molecule has 2 aromatic carbocycles. The first-order valence-electron chi connectivity index (χ1n) is 7.05. The zero-order valence-corrected chi connectivity index (χ0v) is 14.1. The molecule has 0 aliphatic heterocycles. The topological polar surface area (TPSA) is 76.1 Å². The fraction of sp³-hybridized carbons (Fsp3) is 0.0588. The van der Waals surface area contributed by atoms with Crippen molar-refractivity contribution in [3.63, 3.8) is 0 Å². The third kappa shape index (κ3) is 4.06. The molecule has 0 unspecified atom stereocenters. The number of aromatic nitrogens is 3. The average molecular weight is 382 g/mol. The maximum Gasteiger partial charge on any atom is 0.141 e. The molecule has 0 aliphatic carbocycles. The van der Waals surface area contributed by atoms with Gasteiger partial charge >= 0.3 is 0 Å². The Balaban J connectivity index is 1.65. The van der Waals surface area contributed by atoms with Crippen molar-refractivity contribution in [1.82, 2.24) is 14.9 Å². The number of benzene rings is 2. The van der Waals surface area contributed by atoms with Crippen molar-refractivity contribution >= 4 is 22.1 Å². The second kappa shape index (κ2) is 7.53. The average Bonchev–Trinajstić information content (AvgIpc) is 3.13. The first-order chi connectivity index (χ1) is 11.7. The summed E-state index contributed by atoms with van der Waals surface area (Å²) in [5.41, 5.74) is 2.55. The summed E-state index contributed by atoms with van der Waals surface area (Å²) < 4.78 is 8.16. The van der Waals surface area contributed by atoms with Crippen LogP contribution in [0, 0.1) is 11.3 Å². The molecule has 118 valence electrons. The molecular weight excluding hydrogens is 370 g/mol. The molecule has 0 aliphatic rings. The number of hydrogen-bond acceptors (Lipinski definition) is 5. The maximum atomic E-state index is 8.80. The predicted octanol–water partition coefficient (Wildman–Crippen LogP) is 3.37. The van der Waals surface area contributed by atoms with Crippen LogP contribution in [0.1, 0.15) is 16.7 Å². The summed E-state index contributed by atoms with van der Waals surface area (Å²) in [6.45, 7) is 0.429. The lowest BCUT2D eigenvalue weighted by Gasteiger charge is -2.09. The molecule has 0 saturated carbocycles. The largest absolute Gasteiger partial charge is 0.488 e. The zero-order chi connectivity index (χ0) is 16.8. The minimum Gasteiger partial charge on any atom is -0.488 e. The molecule has 0 bridgehead atoms. The van der Waals surface area contributed by atoms with E-state index >= 15 is 0 Å². The summed E-state index contributed by atoms with van der Waals surface area (Å²) in [7, 11) is 0. The van der Waals surface area contributed by atoms with Gasteiger partial charge in [-0.05, 0) is 57.4 Å². The molecule has 24 heavy (non-hydrogen) atoms. The molecule has 0 atom stereocenters. The van der Waals surface area contributed by atoms with Crippen molar-refractivity contribution in [3.8, 4) is 11.8 Å². The Morgan fingerprint density at radius 2 is 1.92 bits per heavy atom. The summed E-state index contributed by atoms with van der Waals surface area (Å²) >= 11 is 3.50. The molecule has 0 N–H and O–H groups in total. The van der Waals surface area contributed by atoms with Crippen LogP contribution >= 0.6 is 15.9 Å². The highest BCUT2D eigenvalue weighted by molar-refractivity contribution is 9.10. The van der Waals surface area contributed by atoms with Gasteiger partial charge in [-0.3, -0.25) is 0 Å². The van der Waals surface area contributed by atoms with Gasteiger partial charge in [-0.2, -0.15) is 10.4 Å². The Morgan fingerprint density at radius 3 is 2.58 bits per heavy atom. The molecule has 3 aromatic rings. The van der Waals surface area contributed by atoms with E-state index in [4.69, 9.17) is 10.00 Å². The standard InChI is InChI=1S/C17H12BrN5O/c18-16-7-15(9-22-23-11-20-21-12-23)5-6-17(16)24-10-14-3-1-13(8-19)2-4-14/h1-7,9,11-12H,10H2. The van der Waals surface area contributed by atoms with E-state index < -0.39 is 0 Å². The molecule has 6 nitrogen and oxygen atoms in total. The summed E-state index contributed by atoms with van der Waals surface area (Å²) in [6.07, 6.45) is 4.74. The smallest absolute Gasteiger partial charge is 0.141 e. The van der Waals surface area contributed by atoms with Crippen molar-refractivity contribution in [2.45, 2.75) is 6.61 Å². The molecule has 0 radical (unpaired) electrons. The number of rotatable bonds is 5. The van der Waals surface area contributed by atoms with Gasteiger partial charge in [0.25, 0.3) is 0 Å². The highest BCUT2D eigenvalue weighted by atomic mass is 79.9. The van der Waals surface area contributed by atoms with Crippen LogP contribution in [-0.4, -0.2) is 21.1 Å². The van der Waals surface area contributed by atoms with Crippen LogP contribution in [0.5, 0.6) is 5.75 Å². The summed E-state index contributed by atoms with van der Waals surface area (Å²) in [5, 5.41) is 20.4. The third-order valence-electron chi connectivity index (χ3n) is 3.18. The molecule has 3 rings (SSSR count). The second-order valence-corrected chi connectivity index (χ2v) is 5.73.